The van der Waals surface area contributed by atoms with Crippen molar-refractivity contribution in [1.29, 1.82) is 0 Å². The summed E-state index contributed by atoms with van der Waals surface area (Å²) in [5, 5.41) is 0. The van der Waals surface area contributed by atoms with Crippen molar-refractivity contribution in [2.45, 2.75) is 70.8 Å². The molecule has 0 amide bonds. The van der Waals surface area contributed by atoms with Crippen LogP contribution in [-0.2, 0) is 9.53 Å². The number of esters is 1. The fraction of sp³-hybridized carbons (Fsp3) is 0.929. The van der Waals surface area contributed by atoms with Gasteiger partial charge in [-0.05, 0) is 31.1 Å². The molecule has 2 atom stereocenters. The summed E-state index contributed by atoms with van der Waals surface area (Å²) in [5.74, 6) is 1.41. The molecule has 0 heterocycles. The molecular formula is C14H24O2. The first-order valence-corrected chi connectivity index (χ1v) is 6.94. The van der Waals surface area contributed by atoms with Crippen molar-refractivity contribution in [3.8, 4) is 0 Å². The smallest absolute Gasteiger partial charge is 0.302 e. The zero-order valence-electron chi connectivity index (χ0n) is 10.4. The lowest BCUT2D eigenvalue weighted by atomic mass is 9.72. The van der Waals surface area contributed by atoms with Gasteiger partial charge in [0.15, 0.2) is 0 Å². The Balaban J connectivity index is 1.94. The fourth-order valence-electron chi connectivity index (χ4n) is 3.59. The number of hydrogen-bond donors (Lipinski definition) is 0. The van der Waals surface area contributed by atoms with E-state index in [2.05, 4.69) is 0 Å². The second kappa shape index (κ2) is 5.70. The highest BCUT2D eigenvalue weighted by Crippen LogP contribution is 2.39. The molecule has 2 saturated carbocycles. The normalized spacial score (nSPS) is 32.3. The van der Waals surface area contributed by atoms with E-state index in [-0.39, 0.29) is 12.1 Å². The van der Waals surface area contributed by atoms with Crippen LogP contribution in [-0.4, -0.2) is 12.1 Å². The molecule has 2 aliphatic carbocycles. The first kappa shape index (κ1) is 11.9. The van der Waals surface area contributed by atoms with Crippen LogP contribution in [0, 0.1) is 11.8 Å². The molecule has 0 saturated heterocycles. The molecule has 0 spiro atoms. The van der Waals surface area contributed by atoms with Crippen LogP contribution in [0.5, 0.6) is 0 Å². The molecular weight excluding hydrogens is 200 g/mol. The van der Waals surface area contributed by atoms with Gasteiger partial charge in [-0.2, -0.15) is 0 Å². The molecule has 0 aliphatic heterocycles. The van der Waals surface area contributed by atoms with Crippen LogP contribution >= 0.6 is 0 Å². The van der Waals surface area contributed by atoms with E-state index >= 15 is 0 Å². The van der Waals surface area contributed by atoms with E-state index in [0.29, 0.717) is 5.92 Å². The third-order valence-electron chi connectivity index (χ3n) is 4.33. The molecule has 2 aliphatic rings. The number of hydrogen-bond acceptors (Lipinski definition) is 2. The van der Waals surface area contributed by atoms with Crippen LogP contribution in [0.1, 0.15) is 64.7 Å². The fourth-order valence-corrected chi connectivity index (χ4v) is 3.59. The van der Waals surface area contributed by atoms with E-state index < -0.39 is 0 Å². The quantitative estimate of drug-likeness (QED) is 0.669. The Bertz CT molecular complexity index is 231. The zero-order valence-corrected chi connectivity index (χ0v) is 10.4. The third-order valence-corrected chi connectivity index (χ3v) is 4.33. The Hall–Kier alpha value is -0.530. The molecule has 2 nitrogen and oxygen atoms in total. The Morgan fingerprint density at radius 2 is 1.56 bits per heavy atom. The van der Waals surface area contributed by atoms with Crippen molar-refractivity contribution < 1.29 is 9.53 Å². The van der Waals surface area contributed by atoms with Gasteiger partial charge >= 0.3 is 5.97 Å². The molecule has 16 heavy (non-hydrogen) atoms. The first-order valence-electron chi connectivity index (χ1n) is 6.94. The second-order valence-corrected chi connectivity index (χ2v) is 5.49. The van der Waals surface area contributed by atoms with Crippen molar-refractivity contribution in [3.05, 3.63) is 0 Å². The topological polar surface area (TPSA) is 26.3 Å². The van der Waals surface area contributed by atoms with E-state index in [1.54, 1.807) is 6.92 Å². The SMILES string of the molecule is CC(=O)OC1CCCCC1C1CCCCC1. The van der Waals surface area contributed by atoms with Crippen molar-refractivity contribution in [1.82, 2.24) is 0 Å². The highest BCUT2D eigenvalue weighted by molar-refractivity contribution is 5.66. The average molecular weight is 224 g/mol. The lowest BCUT2D eigenvalue weighted by molar-refractivity contribution is -0.152. The standard InChI is InChI=1S/C14H24O2/c1-11(15)16-14-10-6-5-9-13(14)12-7-3-2-4-8-12/h12-14H,2-10H2,1H3. The molecule has 2 unspecified atom stereocenters. The molecule has 2 fully saturated rings. The minimum Gasteiger partial charge on any atom is -0.462 e. The molecule has 0 aromatic rings. The van der Waals surface area contributed by atoms with Crippen molar-refractivity contribution in [2.75, 3.05) is 0 Å². The van der Waals surface area contributed by atoms with Gasteiger partial charge in [0.2, 0.25) is 0 Å². The zero-order chi connectivity index (χ0) is 11.4. The average Bonchev–Trinajstić information content (AvgIpc) is 2.30. The Morgan fingerprint density at radius 1 is 0.938 bits per heavy atom. The molecule has 0 radical (unpaired) electrons. The number of ether oxygens (including phenoxy) is 1. The summed E-state index contributed by atoms with van der Waals surface area (Å²) in [6, 6.07) is 0. The van der Waals surface area contributed by atoms with Gasteiger partial charge in [-0.15, -0.1) is 0 Å². The minimum absolute atomic E-state index is 0.0901. The molecule has 92 valence electrons. The van der Waals surface area contributed by atoms with Gasteiger partial charge in [0.1, 0.15) is 6.10 Å². The molecule has 2 rings (SSSR count). The van der Waals surface area contributed by atoms with Gasteiger partial charge in [0, 0.05) is 6.92 Å². The van der Waals surface area contributed by atoms with Crippen molar-refractivity contribution in [3.63, 3.8) is 0 Å². The van der Waals surface area contributed by atoms with E-state index in [9.17, 15) is 4.79 Å². The summed E-state index contributed by atoms with van der Waals surface area (Å²) in [7, 11) is 0. The summed E-state index contributed by atoms with van der Waals surface area (Å²) in [6.45, 7) is 1.55. The summed E-state index contributed by atoms with van der Waals surface area (Å²) in [4.78, 5) is 11.1. The number of carbonyl (C=O) groups excluding carboxylic acids is 1. The van der Waals surface area contributed by atoms with Gasteiger partial charge in [0.25, 0.3) is 0 Å². The Kier molecular flexibility index (Phi) is 4.25. The molecule has 2 heteroatoms. The summed E-state index contributed by atoms with van der Waals surface area (Å²) in [5.41, 5.74) is 0. The summed E-state index contributed by atoms with van der Waals surface area (Å²) < 4.78 is 5.52. The van der Waals surface area contributed by atoms with Crippen LogP contribution < -0.4 is 0 Å². The summed E-state index contributed by atoms with van der Waals surface area (Å²) in [6.07, 6.45) is 12.1. The van der Waals surface area contributed by atoms with Crippen molar-refractivity contribution in [2.24, 2.45) is 11.8 Å². The number of rotatable bonds is 2. The van der Waals surface area contributed by atoms with Gasteiger partial charge in [-0.3, -0.25) is 4.79 Å². The van der Waals surface area contributed by atoms with E-state index in [4.69, 9.17) is 4.74 Å². The van der Waals surface area contributed by atoms with Crippen LogP contribution in [0.3, 0.4) is 0 Å². The maximum atomic E-state index is 11.1. The van der Waals surface area contributed by atoms with Crippen LogP contribution in [0.25, 0.3) is 0 Å². The maximum Gasteiger partial charge on any atom is 0.302 e. The second-order valence-electron chi connectivity index (χ2n) is 5.49. The molecule has 0 N–H and O–H groups in total. The molecule has 0 aromatic carbocycles. The molecule has 0 bridgehead atoms. The lowest BCUT2D eigenvalue weighted by Gasteiger charge is -2.38. The van der Waals surface area contributed by atoms with Gasteiger partial charge < -0.3 is 4.74 Å². The lowest BCUT2D eigenvalue weighted by Crippen LogP contribution is -2.35. The highest BCUT2D eigenvalue weighted by Gasteiger charge is 2.34. The van der Waals surface area contributed by atoms with E-state index in [0.717, 1.165) is 12.3 Å². The summed E-state index contributed by atoms with van der Waals surface area (Å²) >= 11 is 0. The first-order chi connectivity index (χ1) is 7.77. The predicted octanol–water partition coefficient (Wildman–Crippen LogP) is 3.69. The maximum absolute atomic E-state index is 11.1. The van der Waals surface area contributed by atoms with E-state index in [1.165, 1.54) is 51.4 Å². The minimum atomic E-state index is -0.0901. The van der Waals surface area contributed by atoms with Crippen LogP contribution in [0.4, 0.5) is 0 Å². The monoisotopic (exact) mass is 224 g/mol. The van der Waals surface area contributed by atoms with Gasteiger partial charge in [0.05, 0.1) is 0 Å². The third kappa shape index (κ3) is 2.99. The van der Waals surface area contributed by atoms with E-state index in [1.807, 2.05) is 0 Å². The van der Waals surface area contributed by atoms with Gasteiger partial charge in [-0.25, -0.2) is 0 Å². The Labute approximate surface area is 98.7 Å². The van der Waals surface area contributed by atoms with Crippen LogP contribution in [0.15, 0.2) is 0 Å². The van der Waals surface area contributed by atoms with Gasteiger partial charge in [-0.1, -0.05) is 38.5 Å². The highest BCUT2D eigenvalue weighted by atomic mass is 16.5. The Morgan fingerprint density at radius 3 is 2.25 bits per heavy atom. The van der Waals surface area contributed by atoms with Crippen molar-refractivity contribution >= 4 is 5.97 Å². The molecule has 0 aromatic heterocycles. The van der Waals surface area contributed by atoms with Crippen LogP contribution in [0.2, 0.25) is 0 Å². The number of carbonyl (C=O) groups is 1. The largest absolute Gasteiger partial charge is 0.462 e. The predicted molar refractivity (Wildman–Crippen MR) is 64.1 cm³/mol.